The van der Waals surface area contributed by atoms with Crippen LogP contribution in [0.5, 0.6) is 0 Å². The van der Waals surface area contributed by atoms with E-state index in [1.807, 2.05) is 0 Å². The Bertz CT molecular complexity index is 313. The maximum atomic E-state index is 10.6. The molecule has 0 heterocycles. The maximum Gasteiger partial charge on any atom is 0.331 e. The van der Waals surface area contributed by atoms with Crippen molar-refractivity contribution in [3.05, 3.63) is 34.0 Å². The van der Waals surface area contributed by atoms with E-state index in [0.29, 0.717) is 17.8 Å². The maximum absolute atomic E-state index is 10.6. The summed E-state index contributed by atoms with van der Waals surface area (Å²) >= 11 is 3.28. The lowest BCUT2D eigenvalue weighted by Gasteiger charge is -2.01. The van der Waals surface area contributed by atoms with Crippen LogP contribution in [0.4, 0.5) is 0 Å². The van der Waals surface area contributed by atoms with Crippen LogP contribution in [-0.4, -0.2) is 18.2 Å². The average Bonchev–Trinajstić information content (AvgIpc) is 2.27. The fourth-order valence-electron chi connectivity index (χ4n) is 0.948. The second kappa shape index (κ2) is 4.28. The highest BCUT2D eigenvalue weighted by Gasteiger charge is 2.10. The van der Waals surface area contributed by atoms with E-state index in [1.54, 1.807) is 25.3 Å². The summed E-state index contributed by atoms with van der Waals surface area (Å²) in [6, 6.07) is 0. The Morgan fingerprint density at radius 3 is 2.85 bits per heavy atom. The van der Waals surface area contributed by atoms with Crippen LogP contribution in [0.2, 0.25) is 0 Å². The molecule has 0 saturated heterocycles. The van der Waals surface area contributed by atoms with Gasteiger partial charge in [-0.25, -0.2) is 4.79 Å². The van der Waals surface area contributed by atoms with E-state index in [-0.39, 0.29) is 0 Å². The molecule has 0 saturated carbocycles. The Balaban J connectivity index is 2.96. The molecule has 0 aromatic heterocycles. The van der Waals surface area contributed by atoms with Crippen molar-refractivity contribution in [1.29, 1.82) is 0 Å². The highest BCUT2D eigenvalue weighted by molar-refractivity contribution is 9.11. The van der Waals surface area contributed by atoms with Crippen LogP contribution < -0.4 is 0 Å². The van der Waals surface area contributed by atoms with Crippen LogP contribution in [0.25, 0.3) is 0 Å². The SMILES string of the molecule is COC1=CC=C(C(=O)O)CC=C1Br. The molecule has 1 aliphatic rings. The smallest absolute Gasteiger partial charge is 0.331 e. The van der Waals surface area contributed by atoms with E-state index in [2.05, 4.69) is 15.9 Å². The van der Waals surface area contributed by atoms with E-state index in [1.165, 1.54) is 0 Å². The van der Waals surface area contributed by atoms with Crippen molar-refractivity contribution in [2.45, 2.75) is 6.42 Å². The number of ether oxygens (including phenoxy) is 1. The highest BCUT2D eigenvalue weighted by Crippen LogP contribution is 2.23. The summed E-state index contributed by atoms with van der Waals surface area (Å²) in [4.78, 5) is 10.6. The lowest BCUT2D eigenvalue weighted by Crippen LogP contribution is -1.98. The number of allylic oxidation sites excluding steroid dienone is 4. The summed E-state index contributed by atoms with van der Waals surface area (Å²) < 4.78 is 5.80. The summed E-state index contributed by atoms with van der Waals surface area (Å²) in [5.41, 5.74) is 0.351. The Hall–Kier alpha value is -1.03. The number of aliphatic carboxylic acids is 1. The van der Waals surface area contributed by atoms with Gasteiger partial charge in [-0.05, 0) is 34.5 Å². The quantitative estimate of drug-likeness (QED) is 0.811. The molecule has 0 unspecified atom stereocenters. The van der Waals surface area contributed by atoms with Crippen LogP contribution in [0.3, 0.4) is 0 Å². The van der Waals surface area contributed by atoms with Gasteiger partial charge in [-0.3, -0.25) is 0 Å². The molecule has 70 valence electrons. The molecule has 0 spiro atoms. The van der Waals surface area contributed by atoms with Gasteiger partial charge in [-0.1, -0.05) is 6.08 Å². The molecule has 0 aromatic rings. The molecule has 4 heteroatoms. The molecule has 0 bridgehead atoms. The Morgan fingerprint density at radius 1 is 1.62 bits per heavy atom. The van der Waals surface area contributed by atoms with Gasteiger partial charge in [0.2, 0.25) is 0 Å². The summed E-state index contributed by atoms with van der Waals surface area (Å²) in [6.07, 6.45) is 5.35. The van der Waals surface area contributed by atoms with E-state index >= 15 is 0 Å². The first-order valence-electron chi connectivity index (χ1n) is 3.69. The average molecular weight is 245 g/mol. The zero-order valence-corrected chi connectivity index (χ0v) is 8.67. The van der Waals surface area contributed by atoms with Crippen molar-refractivity contribution in [1.82, 2.24) is 0 Å². The summed E-state index contributed by atoms with van der Waals surface area (Å²) in [5, 5.41) is 8.73. The van der Waals surface area contributed by atoms with Gasteiger partial charge in [0.15, 0.2) is 0 Å². The largest absolute Gasteiger partial charge is 0.496 e. The molecule has 1 N–H and O–H groups in total. The van der Waals surface area contributed by atoms with E-state index < -0.39 is 5.97 Å². The predicted octanol–water partition coefficient (Wildman–Crippen LogP) is 2.21. The molecule has 0 aliphatic heterocycles. The van der Waals surface area contributed by atoms with E-state index in [4.69, 9.17) is 9.84 Å². The summed E-state index contributed by atoms with van der Waals surface area (Å²) in [5.74, 6) is -0.263. The molecular formula is C9H9BrO3. The Kier molecular flexibility index (Phi) is 3.31. The first-order chi connectivity index (χ1) is 6.15. The van der Waals surface area contributed by atoms with E-state index in [9.17, 15) is 4.79 Å². The van der Waals surface area contributed by atoms with Crippen LogP contribution in [0.1, 0.15) is 6.42 Å². The number of carboxylic acids is 1. The first kappa shape index (κ1) is 10.1. The second-order valence-electron chi connectivity index (χ2n) is 2.49. The molecule has 3 nitrogen and oxygen atoms in total. The lowest BCUT2D eigenvalue weighted by atomic mass is 10.2. The van der Waals surface area contributed by atoms with Crippen LogP contribution >= 0.6 is 15.9 Å². The van der Waals surface area contributed by atoms with Gasteiger partial charge < -0.3 is 9.84 Å². The van der Waals surface area contributed by atoms with Gasteiger partial charge in [-0.2, -0.15) is 0 Å². The molecule has 0 fully saturated rings. The van der Waals surface area contributed by atoms with E-state index in [0.717, 1.165) is 4.48 Å². The van der Waals surface area contributed by atoms with Crippen molar-refractivity contribution in [2.24, 2.45) is 0 Å². The zero-order chi connectivity index (χ0) is 9.84. The van der Waals surface area contributed by atoms with Crippen molar-refractivity contribution < 1.29 is 14.6 Å². The number of methoxy groups -OCH3 is 1. The predicted molar refractivity (Wildman–Crippen MR) is 52.4 cm³/mol. The number of carbonyl (C=O) groups is 1. The lowest BCUT2D eigenvalue weighted by molar-refractivity contribution is -0.132. The van der Waals surface area contributed by atoms with Gasteiger partial charge in [-0.15, -0.1) is 0 Å². The Morgan fingerprint density at radius 2 is 2.31 bits per heavy atom. The topological polar surface area (TPSA) is 46.5 Å². The van der Waals surface area contributed by atoms with Crippen LogP contribution in [0, 0.1) is 0 Å². The van der Waals surface area contributed by atoms with Gasteiger partial charge in [0, 0.05) is 5.57 Å². The summed E-state index contributed by atoms with van der Waals surface area (Å²) in [6.45, 7) is 0. The molecule has 0 atom stereocenters. The third kappa shape index (κ3) is 2.45. The third-order valence-electron chi connectivity index (χ3n) is 1.67. The summed E-state index contributed by atoms with van der Waals surface area (Å²) in [7, 11) is 1.54. The Labute approximate surface area is 84.5 Å². The van der Waals surface area contributed by atoms with Crippen molar-refractivity contribution >= 4 is 21.9 Å². The van der Waals surface area contributed by atoms with Crippen molar-refractivity contribution in [2.75, 3.05) is 7.11 Å². The molecule has 0 amide bonds. The first-order valence-corrected chi connectivity index (χ1v) is 4.48. The number of rotatable bonds is 2. The minimum Gasteiger partial charge on any atom is -0.496 e. The van der Waals surface area contributed by atoms with Crippen LogP contribution in [0.15, 0.2) is 34.0 Å². The molecule has 1 rings (SSSR count). The second-order valence-corrected chi connectivity index (χ2v) is 3.34. The van der Waals surface area contributed by atoms with Gasteiger partial charge in [0.25, 0.3) is 0 Å². The van der Waals surface area contributed by atoms with Crippen molar-refractivity contribution in [3.8, 4) is 0 Å². The van der Waals surface area contributed by atoms with Gasteiger partial charge in [0.1, 0.15) is 5.76 Å². The number of carboxylic acid groups (broad SMARTS) is 1. The zero-order valence-electron chi connectivity index (χ0n) is 7.08. The number of hydrogen-bond acceptors (Lipinski definition) is 2. The molecule has 1 aliphatic carbocycles. The highest BCUT2D eigenvalue weighted by atomic mass is 79.9. The fourth-order valence-corrected chi connectivity index (χ4v) is 1.40. The minimum absolute atomic E-state index is 0.351. The minimum atomic E-state index is -0.898. The number of halogens is 1. The van der Waals surface area contributed by atoms with Gasteiger partial charge >= 0.3 is 5.97 Å². The molecule has 0 radical (unpaired) electrons. The van der Waals surface area contributed by atoms with Crippen molar-refractivity contribution in [3.63, 3.8) is 0 Å². The standard InChI is InChI=1S/C9H9BrO3/c1-13-8-5-3-6(9(11)12)2-4-7(8)10/h3-5H,2H2,1H3,(H,11,12). The van der Waals surface area contributed by atoms with Crippen LogP contribution in [-0.2, 0) is 9.53 Å². The normalized spacial score (nSPS) is 16.6. The number of hydrogen-bond donors (Lipinski definition) is 1. The molecule has 13 heavy (non-hydrogen) atoms. The molecular weight excluding hydrogens is 236 g/mol. The monoisotopic (exact) mass is 244 g/mol. The fraction of sp³-hybridized carbons (Fsp3) is 0.222. The van der Waals surface area contributed by atoms with Gasteiger partial charge in [0.05, 0.1) is 11.6 Å². The third-order valence-corrected chi connectivity index (χ3v) is 2.38. The molecule has 0 aromatic carbocycles.